The number of ether oxygens (including phenoxy) is 1. The number of rotatable bonds is 9. The Hall–Kier alpha value is -3.39. The summed E-state index contributed by atoms with van der Waals surface area (Å²) < 4.78 is 10.4. The van der Waals surface area contributed by atoms with Crippen LogP contribution in [0.15, 0.2) is 47.0 Å². The number of nitrogens with zero attached hydrogens (tertiary/aromatic N) is 2. The van der Waals surface area contributed by atoms with Gasteiger partial charge in [0.25, 0.3) is 5.91 Å². The Labute approximate surface area is 190 Å². The fraction of sp³-hybridized carbons (Fsp3) is 0.304. The summed E-state index contributed by atoms with van der Waals surface area (Å²) in [5, 5.41) is 9.98. The van der Waals surface area contributed by atoms with Gasteiger partial charge in [-0.2, -0.15) is 4.98 Å². The first-order chi connectivity index (χ1) is 15.5. The normalized spacial score (nSPS) is 12.9. The van der Waals surface area contributed by atoms with E-state index in [2.05, 4.69) is 20.8 Å². The number of hydrogen-bond donors (Lipinski definition) is 2. The van der Waals surface area contributed by atoms with Crippen LogP contribution in [0.3, 0.4) is 0 Å². The molecule has 0 spiro atoms. The maximum atomic E-state index is 12.3. The molecule has 0 aliphatic heterocycles. The molecular weight excluding hydrogens is 432 g/mol. The van der Waals surface area contributed by atoms with Gasteiger partial charge in [-0.25, -0.2) is 0 Å². The molecule has 9 heteroatoms. The Kier molecular flexibility index (Phi) is 6.70. The summed E-state index contributed by atoms with van der Waals surface area (Å²) >= 11 is 6.22. The number of benzene rings is 2. The predicted molar refractivity (Wildman–Crippen MR) is 120 cm³/mol. The van der Waals surface area contributed by atoms with Crippen molar-refractivity contribution in [3.05, 3.63) is 58.9 Å². The molecule has 0 bridgehead atoms. The third kappa shape index (κ3) is 5.64. The van der Waals surface area contributed by atoms with Crippen LogP contribution in [0.4, 0.5) is 5.69 Å². The van der Waals surface area contributed by atoms with E-state index in [1.165, 1.54) is 0 Å². The van der Waals surface area contributed by atoms with Gasteiger partial charge in [0, 0.05) is 30.1 Å². The van der Waals surface area contributed by atoms with Gasteiger partial charge in [-0.15, -0.1) is 0 Å². The van der Waals surface area contributed by atoms with Crippen LogP contribution in [-0.4, -0.2) is 35.1 Å². The average Bonchev–Trinajstić information content (AvgIpc) is 3.47. The predicted octanol–water partition coefficient (Wildman–Crippen LogP) is 4.25. The zero-order valence-corrected chi connectivity index (χ0v) is 18.3. The lowest BCUT2D eigenvalue weighted by molar-refractivity contribution is -0.116. The molecule has 1 aliphatic carbocycles. The molecule has 3 aromatic rings. The number of anilines is 1. The summed E-state index contributed by atoms with van der Waals surface area (Å²) in [6, 6.07) is 12.5. The highest BCUT2D eigenvalue weighted by Gasteiger charge is 2.24. The SMILES string of the molecule is COc1ccc(-c2noc(CCCC(=O)Nc3ccc(C(=O)NC4CC4)c(Cl)c3)n2)cc1. The number of aryl methyl sites for hydroxylation is 1. The number of halogens is 1. The summed E-state index contributed by atoms with van der Waals surface area (Å²) in [6.07, 6.45) is 3.32. The molecule has 1 fully saturated rings. The monoisotopic (exact) mass is 454 g/mol. The molecule has 32 heavy (non-hydrogen) atoms. The Balaban J connectivity index is 1.25. The molecule has 0 atom stereocenters. The lowest BCUT2D eigenvalue weighted by atomic mass is 10.1. The highest BCUT2D eigenvalue weighted by molar-refractivity contribution is 6.34. The third-order valence-corrected chi connectivity index (χ3v) is 5.33. The lowest BCUT2D eigenvalue weighted by Gasteiger charge is -2.09. The Bertz CT molecular complexity index is 1110. The number of carbonyl (C=O) groups excluding carboxylic acids is 2. The number of aromatic nitrogens is 2. The summed E-state index contributed by atoms with van der Waals surface area (Å²) in [6.45, 7) is 0. The maximum absolute atomic E-state index is 12.3. The molecule has 2 amide bonds. The van der Waals surface area contributed by atoms with Gasteiger partial charge in [0.05, 0.1) is 17.7 Å². The van der Waals surface area contributed by atoms with Crippen LogP contribution in [-0.2, 0) is 11.2 Å². The van der Waals surface area contributed by atoms with E-state index in [9.17, 15) is 9.59 Å². The molecule has 1 heterocycles. The summed E-state index contributed by atoms with van der Waals surface area (Å²) in [5.74, 6) is 1.36. The van der Waals surface area contributed by atoms with E-state index < -0.39 is 0 Å². The van der Waals surface area contributed by atoms with Crippen molar-refractivity contribution in [3.8, 4) is 17.1 Å². The van der Waals surface area contributed by atoms with E-state index in [1.54, 1.807) is 25.3 Å². The number of methoxy groups -OCH3 is 1. The Morgan fingerprint density at radius 3 is 2.66 bits per heavy atom. The summed E-state index contributed by atoms with van der Waals surface area (Å²) in [7, 11) is 1.61. The molecule has 1 aromatic heterocycles. The van der Waals surface area contributed by atoms with E-state index in [0.29, 0.717) is 40.8 Å². The van der Waals surface area contributed by atoms with Gasteiger partial charge in [-0.3, -0.25) is 9.59 Å². The fourth-order valence-corrected chi connectivity index (χ4v) is 3.37. The molecule has 2 N–H and O–H groups in total. The highest BCUT2D eigenvalue weighted by atomic mass is 35.5. The first-order valence-corrected chi connectivity index (χ1v) is 10.8. The Morgan fingerprint density at radius 2 is 1.97 bits per heavy atom. The van der Waals surface area contributed by atoms with E-state index in [1.807, 2.05) is 24.3 Å². The summed E-state index contributed by atoms with van der Waals surface area (Å²) in [4.78, 5) is 28.8. The molecular formula is C23H23ClN4O4. The second-order valence-corrected chi connectivity index (χ2v) is 7.99. The largest absolute Gasteiger partial charge is 0.497 e. The minimum absolute atomic E-state index is 0.161. The van der Waals surface area contributed by atoms with Crippen LogP contribution in [0, 0.1) is 0 Å². The van der Waals surface area contributed by atoms with Crippen molar-refractivity contribution in [1.82, 2.24) is 15.5 Å². The second kappa shape index (κ2) is 9.82. The van der Waals surface area contributed by atoms with Gasteiger partial charge >= 0.3 is 0 Å². The molecule has 1 saturated carbocycles. The van der Waals surface area contributed by atoms with Crippen LogP contribution in [0.5, 0.6) is 5.75 Å². The van der Waals surface area contributed by atoms with Crippen molar-refractivity contribution in [2.24, 2.45) is 0 Å². The molecule has 4 rings (SSSR count). The Morgan fingerprint density at radius 1 is 1.19 bits per heavy atom. The molecule has 0 saturated heterocycles. The van der Waals surface area contributed by atoms with E-state index in [0.717, 1.165) is 24.2 Å². The van der Waals surface area contributed by atoms with E-state index in [4.69, 9.17) is 20.9 Å². The van der Waals surface area contributed by atoms with Gasteiger partial charge in [-0.1, -0.05) is 16.8 Å². The van der Waals surface area contributed by atoms with Crippen molar-refractivity contribution < 1.29 is 18.8 Å². The molecule has 8 nitrogen and oxygen atoms in total. The third-order valence-electron chi connectivity index (χ3n) is 5.02. The van der Waals surface area contributed by atoms with Gasteiger partial charge in [0.1, 0.15) is 5.75 Å². The van der Waals surface area contributed by atoms with Gasteiger partial charge in [-0.05, 0) is 61.7 Å². The van der Waals surface area contributed by atoms with Crippen LogP contribution >= 0.6 is 11.6 Å². The smallest absolute Gasteiger partial charge is 0.253 e. The maximum Gasteiger partial charge on any atom is 0.253 e. The van der Waals surface area contributed by atoms with Crippen molar-refractivity contribution in [3.63, 3.8) is 0 Å². The zero-order valence-electron chi connectivity index (χ0n) is 17.6. The molecule has 166 valence electrons. The van der Waals surface area contributed by atoms with Crippen LogP contribution in [0.2, 0.25) is 5.02 Å². The minimum Gasteiger partial charge on any atom is -0.497 e. The standard InChI is InChI=1S/C23H23ClN4O4/c1-31-17-10-5-14(6-11-17)22-27-21(32-28-22)4-2-3-20(29)25-16-9-12-18(19(24)13-16)23(30)26-15-7-8-15/h5-6,9-13,15H,2-4,7-8H2,1H3,(H,25,29)(H,26,30). The van der Waals surface area contributed by atoms with Crippen molar-refractivity contribution in [1.29, 1.82) is 0 Å². The van der Waals surface area contributed by atoms with Crippen LogP contribution in [0.1, 0.15) is 41.9 Å². The van der Waals surface area contributed by atoms with Crippen LogP contribution < -0.4 is 15.4 Å². The molecule has 0 radical (unpaired) electrons. The molecule has 2 aromatic carbocycles. The topological polar surface area (TPSA) is 106 Å². The van der Waals surface area contributed by atoms with Crippen molar-refractivity contribution in [2.45, 2.75) is 38.1 Å². The highest BCUT2D eigenvalue weighted by Crippen LogP contribution is 2.24. The minimum atomic E-state index is -0.191. The lowest BCUT2D eigenvalue weighted by Crippen LogP contribution is -2.25. The fourth-order valence-electron chi connectivity index (χ4n) is 3.11. The van der Waals surface area contributed by atoms with E-state index in [-0.39, 0.29) is 24.3 Å². The van der Waals surface area contributed by atoms with Crippen LogP contribution in [0.25, 0.3) is 11.4 Å². The van der Waals surface area contributed by atoms with Gasteiger partial charge < -0.3 is 19.9 Å². The van der Waals surface area contributed by atoms with Gasteiger partial charge in [0.2, 0.25) is 17.6 Å². The first-order valence-electron chi connectivity index (χ1n) is 10.4. The number of nitrogens with one attached hydrogen (secondary N) is 2. The van der Waals surface area contributed by atoms with Crippen molar-refractivity contribution in [2.75, 3.05) is 12.4 Å². The molecule has 0 unspecified atom stereocenters. The molecule has 1 aliphatic rings. The average molecular weight is 455 g/mol. The quantitative estimate of drug-likeness (QED) is 0.500. The number of hydrogen-bond acceptors (Lipinski definition) is 6. The van der Waals surface area contributed by atoms with E-state index >= 15 is 0 Å². The second-order valence-electron chi connectivity index (χ2n) is 7.58. The number of amides is 2. The number of carbonyl (C=O) groups is 2. The van der Waals surface area contributed by atoms with Crippen molar-refractivity contribution >= 4 is 29.1 Å². The van der Waals surface area contributed by atoms with Gasteiger partial charge in [0.15, 0.2) is 0 Å². The zero-order chi connectivity index (χ0) is 22.5. The first kappa shape index (κ1) is 21.8. The summed E-state index contributed by atoms with van der Waals surface area (Å²) in [5.41, 5.74) is 1.77.